The van der Waals surface area contributed by atoms with E-state index in [0.717, 1.165) is 12.1 Å². The van der Waals surface area contributed by atoms with Crippen LogP contribution in [0.4, 0.5) is 32.2 Å². The fourth-order valence-electron chi connectivity index (χ4n) is 7.44. The van der Waals surface area contributed by atoms with Crippen LogP contribution in [-0.2, 0) is 42.1 Å². The highest BCUT2D eigenvalue weighted by atomic mass is 35.5. The molecule has 18 heteroatoms. The molecular formula is C35H28ClF6N9O2. The molecule has 0 saturated carbocycles. The average molecular weight is 756 g/mol. The Balaban J connectivity index is 1.28. The molecule has 3 atom stereocenters. The zero-order valence-electron chi connectivity index (χ0n) is 27.8. The number of H-pyrrole nitrogens is 1. The number of hydrogen-bond acceptors (Lipinski definition) is 7. The molecule has 4 heterocycles. The Bertz CT molecular complexity index is 2470. The minimum Gasteiger partial charge on any atom is -0.382 e. The van der Waals surface area contributed by atoms with Gasteiger partial charge in [0.15, 0.2) is 11.5 Å². The van der Waals surface area contributed by atoms with Gasteiger partial charge < -0.3 is 20.8 Å². The number of nitrogen functional groups attached to an aromatic ring is 1. The molecule has 11 nitrogen and oxygen atoms in total. The molecule has 2 aliphatic rings. The van der Waals surface area contributed by atoms with E-state index in [1.165, 1.54) is 23.9 Å². The number of allylic oxidation sites excluding steroid dienone is 2. The lowest BCUT2D eigenvalue weighted by Gasteiger charge is -2.27. The standard InChI is InChI=1S/C35H28ClF6N9O2/c1-50-30-17(4-6-21(36)27(30)33(43)49-50)19-11-23-34(46-24(44-23)13-53-2)47-28(19)22(9-14-7-15(37)10-16(38)8-14)45-25(52)12-51-31-26(29(48-51)32(39)40)18-3-5-20(18)35(31,41)42/h3-8,10-11,18,20,22,32H,9,12-13H2,1-2H3,(H2,43,49)(H,45,52)(H,44,46,47)/t18-,20+,22-/m0/s1. The summed E-state index contributed by atoms with van der Waals surface area (Å²) in [6, 6.07) is 6.63. The third-order valence-corrected chi connectivity index (χ3v) is 9.93. The van der Waals surface area contributed by atoms with Crippen LogP contribution in [0.15, 0.2) is 48.6 Å². The van der Waals surface area contributed by atoms with Gasteiger partial charge in [0.25, 0.3) is 12.3 Å². The second-order valence-corrected chi connectivity index (χ2v) is 13.4. The van der Waals surface area contributed by atoms with Gasteiger partial charge in [-0.1, -0.05) is 29.8 Å². The first-order valence-electron chi connectivity index (χ1n) is 16.2. The van der Waals surface area contributed by atoms with E-state index in [0.29, 0.717) is 49.1 Å². The number of aromatic nitrogens is 7. The molecule has 4 aromatic heterocycles. The molecule has 8 rings (SSSR count). The number of nitrogens with zero attached hydrogens (tertiary/aromatic N) is 6. The van der Waals surface area contributed by atoms with Gasteiger partial charge in [0.2, 0.25) is 5.91 Å². The number of amides is 1. The SMILES string of the molecule is COCc1nc2nc([C@H](Cc3cc(F)cc(F)c3)NC(=O)Cn3nc(C(F)F)c4c3C(F)(F)[C@@H]3C=C[C@H]43)c(-c3ccc(Cl)c4c(N)nn(C)c34)cc2[nH]1. The van der Waals surface area contributed by atoms with Gasteiger partial charge in [-0.3, -0.25) is 14.2 Å². The molecule has 0 radical (unpaired) electrons. The van der Waals surface area contributed by atoms with Gasteiger partial charge >= 0.3 is 0 Å². The number of rotatable bonds is 10. The number of halogens is 7. The van der Waals surface area contributed by atoms with Crippen LogP contribution in [0, 0.1) is 17.6 Å². The molecule has 0 unspecified atom stereocenters. The minimum atomic E-state index is -3.56. The second kappa shape index (κ2) is 12.6. The molecule has 6 aromatic rings. The maximum absolute atomic E-state index is 15.5. The summed E-state index contributed by atoms with van der Waals surface area (Å²) in [7, 11) is 3.13. The van der Waals surface area contributed by atoms with Crippen LogP contribution in [0.3, 0.4) is 0 Å². The summed E-state index contributed by atoms with van der Waals surface area (Å²) in [4.78, 5) is 26.4. The lowest BCUT2D eigenvalue weighted by Crippen LogP contribution is -2.35. The summed E-state index contributed by atoms with van der Waals surface area (Å²) in [6.45, 7) is -0.774. The first kappa shape index (κ1) is 34.7. The lowest BCUT2D eigenvalue weighted by molar-refractivity contribution is -0.123. The summed E-state index contributed by atoms with van der Waals surface area (Å²) in [5.74, 6) is -7.96. The highest BCUT2D eigenvalue weighted by molar-refractivity contribution is 6.37. The number of carbonyl (C=O) groups is 1. The zero-order valence-corrected chi connectivity index (χ0v) is 28.5. The molecular weight excluding hydrogens is 728 g/mol. The molecule has 0 saturated heterocycles. The van der Waals surface area contributed by atoms with E-state index in [2.05, 4.69) is 25.5 Å². The van der Waals surface area contributed by atoms with Gasteiger partial charge in [0.1, 0.15) is 42.0 Å². The van der Waals surface area contributed by atoms with E-state index in [1.807, 2.05) is 0 Å². The van der Waals surface area contributed by atoms with E-state index in [1.54, 1.807) is 25.2 Å². The predicted molar refractivity (Wildman–Crippen MR) is 181 cm³/mol. The molecule has 1 amide bonds. The van der Waals surface area contributed by atoms with Crippen molar-refractivity contribution < 1.29 is 35.9 Å². The molecule has 2 aromatic carbocycles. The number of ether oxygens (including phenoxy) is 1. The van der Waals surface area contributed by atoms with Crippen molar-refractivity contribution in [1.29, 1.82) is 0 Å². The van der Waals surface area contributed by atoms with Crippen LogP contribution in [0.1, 0.15) is 52.4 Å². The summed E-state index contributed by atoms with van der Waals surface area (Å²) in [5.41, 5.74) is 6.67. The number of aryl methyl sites for hydroxylation is 1. The van der Waals surface area contributed by atoms with E-state index in [9.17, 15) is 22.4 Å². The molecule has 0 aliphatic heterocycles. The van der Waals surface area contributed by atoms with Crippen LogP contribution < -0.4 is 11.1 Å². The maximum Gasteiger partial charge on any atom is 0.296 e. The molecule has 53 heavy (non-hydrogen) atoms. The van der Waals surface area contributed by atoms with E-state index in [-0.39, 0.29) is 41.3 Å². The van der Waals surface area contributed by atoms with Crippen molar-refractivity contribution in [3.8, 4) is 11.1 Å². The minimum absolute atomic E-state index is 0.101. The number of carbonyl (C=O) groups excluding carboxylic acids is 1. The third-order valence-electron chi connectivity index (χ3n) is 9.61. The highest BCUT2D eigenvalue weighted by Gasteiger charge is 2.60. The van der Waals surface area contributed by atoms with Gasteiger partial charge in [-0.25, -0.2) is 27.5 Å². The van der Waals surface area contributed by atoms with Crippen molar-refractivity contribution in [3.05, 3.63) is 99.2 Å². The number of aromatic amines is 1. The number of alkyl halides is 4. The van der Waals surface area contributed by atoms with Crippen LogP contribution in [0.25, 0.3) is 33.2 Å². The van der Waals surface area contributed by atoms with Crippen molar-refractivity contribution in [2.45, 2.75) is 43.9 Å². The van der Waals surface area contributed by atoms with Gasteiger partial charge in [-0.05, 0) is 36.2 Å². The molecule has 0 spiro atoms. The van der Waals surface area contributed by atoms with Gasteiger partial charge in [0, 0.05) is 42.8 Å². The number of methoxy groups -OCH3 is 1. The van der Waals surface area contributed by atoms with Crippen molar-refractivity contribution in [1.82, 2.24) is 39.8 Å². The molecule has 0 bridgehead atoms. The summed E-state index contributed by atoms with van der Waals surface area (Å²) < 4.78 is 95.6. The Morgan fingerprint density at radius 1 is 1.08 bits per heavy atom. The van der Waals surface area contributed by atoms with Crippen LogP contribution in [0.2, 0.25) is 5.02 Å². The fraction of sp³-hybridized carbons (Fsp3) is 0.286. The Hall–Kier alpha value is -5.42. The number of pyridine rings is 1. The highest BCUT2D eigenvalue weighted by Crippen LogP contribution is 2.60. The fourth-order valence-corrected chi connectivity index (χ4v) is 7.69. The third kappa shape index (κ3) is 5.69. The van der Waals surface area contributed by atoms with Crippen LogP contribution in [-0.4, -0.2) is 47.5 Å². The normalized spacial score (nSPS) is 17.8. The molecule has 2 aliphatic carbocycles. The van der Waals surface area contributed by atoms with Gasteiger partial charge in [-0.15, -0.1) is 0 Å². The summed E-state index contributed by atoms with van der Waals surface area (Å²) >= 11 is 6.54. The van der Waals surface area contributed by atoms with Crippen LogP contribution in [0.5, 0.6) is 0 Å². The van der Waals surface area contributed by atoms with Crippen molar-refractivity contribution >= 4 is 45.4 Å². The largest absolute Gasteiger partial charge is 0.382 e. The van der Waals surface area contributed by atoms with Gasteiger partial charge in [0.05, 0.1) is 39.1 Å². The lowest BCUT2D eigenvalue weighted by atomic mass is 9.81. The number of imidazole rings is 1. The van der Waals surface area contributed by atoms with E-state index < -0.39 is 65.7 Å². The maximum atomic E-state index is 15.5. The number of nitrogens with one attached hydrogen (secondary N) is 2. The van der Waals surface area contributed by atoms with Gasteiger partial charge in [-0.2, -0.15) is 19.0 Å². The predicted octanol–water partition coefficient (Wildman–Crippen LogP) is 6.78. The molecule has 0 fully saturated rings. The van der Waals surface area contributed by atoms with E-state index >= 15 is 8.78 Å². The van der Waals surface area contributed by atoms with Crippen molar-refractivity contribution in [2.24, 2.45) is 13.0 Å². The number of benzene rings is 2. The number of hydrogen-bond donors (Lipinski definition) is 3. The summed E-state index contributed by atoms with van der Waals surface area (Å²) in [6.07, 6.45) is -0.760. The van der Waals surface area contributed by atoms with Crippen molar-refractivity contribution in [3.63, 3.8) is 0 Å². The Kier molecular flexibility index (Phi) is 8.25. The Labute approximate surface area is 300 Å². The van der Waals surface area contributed by atoms with Crippen molar-refractivity contribution in [2.75, 3.05) is 12.8 Å². The Morgan fingerprint density at radius 3 is 2.51 bits per heavy atom. The second-order valence-electron chi connectivity index (χ2n) is 13.0. The number of anilines is 1. The molecule has 274 valence electrons. The quantitative estimate of drug-likeness (QED) is 0.103. The number of fused-ring (bicyclic) bond motifs is 5. The first-order chi connectivity index (χ1) is 25.2. The smallest absolute Gasteiger partial charge is 0.296 e. The summed E-state index contributed by atoms with van der Waals surface area (Å²) in [5, 5.41) is 11.6. The zero-order chi connectivity index (χ0) is 37.5. The molecule has 4 N–H and O–H groups in total. The number of nitrogens with two attached hydrogens (primary N) is 1. The van der Waals surface area contributed by atoms with Crippen LogP contribution >= 0.6 is 11.6 Å². The first-order valence-corrected chi connectivity index (χ1v) is 16.6. The average Bonchev–Trinajstić information content (AvgIpc) is 3.75. The Morgan fingerprint density at radius 2 is 1.83 bits per heavy atom. The topological polar surface area (TPSA) is 142 Å². The monoisotopic (exact) mass is 755 g/mol. The van der Waals surface area contributed by atoms with E-state index in [4.69, 9.17) is 27.1 Å².